The third-order valence-corrected chi connectivity index (χ3v) is 10.8. The minimum atomic E-state index is -1.09. The van der Waals surface area contributed by atoms with Crippen LogP contribution in [0.5, 0.6) is 0 Å². The van der Waals surface area contributed by atoms with Crippen molar-refractivity contribution in [3.05, 3.63) is 76.5 Å². The minimum absolute atomic E-state index is 0.0573. The van der Waals surface area contributed by atoms with Crippen LogP contribution in [-0.4, -0.2) is 124 Å². The summed E-state index contributed by atoms with van der Waals surface area (Å²) in [5.41, 5.74) is 7.55. The second-order valence-electron chi connectivity index (χ2n) is 14.4. The van der Waals surface area contributed by atoms with Gasteiger partial charge in [0.1, 0.15) is 5.54 Å². The highest BCUT2D eigenvalue weighted by molar-refractivity contribution is 6.34. The number of halogens is 3. The molecule has 0 bridgehead atoms. The molecular weight excluding hydrogens is 708 g/mol. The molecule has 3 amide bonds. The lowest BCUT2D eigenvalue weighted by Crippen LogP contribution is -2.65. The summed E-state index contributed by atoms with van der Waals surface area (Å²) in [6, 6.07) is 7.46. The number of benzene rings is 2. The Labute approximate surface area is 311 Å². The molecule has 2 aliphatic heterocycles. The average Bonchev–Trinajstić information content (AvgIpc) is 3.70. The summed E-state index contributed by atoms with van der Waals surface area (Å²) in [7, 11) is 7.36. The van der Waals surface area contributed by atoms with E-state index in [4.69, 9.17) is 22.1 Å². The largest absolute Gasteiger partial charge is 0.383 e. The molecular formula is C37H45ClF2N9O4+. The number of piperazine rings is 1. The summed E-state index contributed by atoms with van der Waals surface area (Å²) < 4.78 is 39.9. The maximum Gasteiger partial charge on any atom is 0.291 e. The van der Waals surface area contributed by atoms with Crippen molar-refractivity contribution in [2.75, 3.05) is 72.4 Å². The van der Waals surface area contributed by atoms with Crippen molar-refractivity contribution in [1.82, 2.24) is 29.1 Å². The van der Waals surface area contributed by atoms with Crippen LogP contribution in [0.4, 0.5) is 14.5 Å². The number of ether oxygens (including phenoxy) is 1. The van der Waals surface area contributed by atoms with Crippen LogP contribution in [0.3, 0.4) is 0 Å². The van der Waals surface area contributed by atoms with Crippen LogP contribution in [0.2, 0.25) is 5.02 Å². The third kappa shape index (κ3) is 7.56. The molecule has 282 valence electrons. The molecule has 0 radical (unpaired) electrons. The molecule has 2 aromatic heterocycles. The number of methoxy groups -OCH3 is 1. The van der Waals surface area contributed by atoms with E-state index in [0.717, 1.165) is 17.6 Å². The number of nitrogens with one attached hydrogen (secondary N) is 1. The molecule has 3 N–H and O–H groups in total. The number of imidazole rings is 1. The maximum absolute atomic E-state index is 15.5. The number of quaternary nitrogens is 1. The molecule has 2 saturated heterocycles. The third-order valence-electron chi connectivity index (χ3n) is 10.5. The zero-order valence-electron chi connectivity index (χ0n) is 30.6. The predicted octanol–water partition coefficient (Wildman–Crippen LogP) is 3.94. The lowest BCUT2D eigenvalue weighted by molar-refractivity contribution is -0.895. The molecule has 0 unspecified atom stereocenters. The van der Waals surface area contributed by atoms with Gasteiger partial charge in [0.05, 0.1) is 69.0 Å². The molecule has 2 aliphatic rings. The average molecular weight is 753 g/mol. The van der Waals surface area contributed by atoms with Gasteiger partial charge in [-0.3, -0.25) is 19.1 Å². The molecule has 0 aliphatic carbocycles. The molecule has 53 heavy (non-hydrogen) atoms. The first-order chi connectivity index (χ1) is 25.1. The molecule has 0 saturated carbocycles. The van der Waals surface area contributed by atoms with Gasteiger partial charge in [-0.2, -0.15) is 5.10 Å². The number of hydrogen-bond donors (Lipinski definition) is 2. The van der Waals surface area contributed by atoms with Crippen LogP contribution in [0.1, 0.15) is 39.5 Å². The van der Waals surface area contributed by atoms with Crippen LogP contribution in [0, 0.1) is 18.6 Å². The van der Waals surface area contributed by atoms with E-state index in [2.05, 4.69) is 29.5 Å². The summed E-state index contributed by atoms with van der Waals surface area (Å²) in [5, 5.41) is 7.11. The van der Waals surface area contributed by atoms with Crippen molar-refractivity contribution in [2.45, 2.75) is 31.8 Å². The van der Waals surface area contributed by atoms with Gasteiger partial charge in [-0.1, -0.05) is 17.7 Å². The van der Waals surface area contributed by atoms with Crippen molar-refractivity contribution in [2.24, 2.45) is 12.8 Å². The summed E-state index contributed by atoms with van der Waals surface area (Å²) in [6.45, 7) is 5.75. The molecule has 0 spiro atoms. The first-order valence-corrected chi connectivity index (χ1v) is 17.8. The lowest BCUT2D eigenvalue weighted by Gasteiger charge is -2.44. The molecule has 0 atom stereocenters. The van der Waals surface area contributed by atoms with Crippen molar-refractivity contribution >= 4 is 35.0 Å². The van der Waals surface area contributed by atoms with Crippen LogP contribution >= 0.6 is 11.6 Å². The molecule has 4 heterocycles. The van der Waals surface area contributed by atoms with Gasteiger partial charge in [0.25, 0.3) is 11.8 Å². The Morgan fingerprint density at radius 3 is 2.28 bits per heavy atom. The van der Waals surface area contributed by atoms with Gasteiger partial charge >= 0.3 is 0 Å². The number of rotatable bonds is 9. The van der Waals surface area contributed by atoms with Gasteiger partial charge in [0.15, 0.2) is 17.5 Å². The van der Waals surface area contributed by atoms with Crippen molar-refractivity contribution in [3.63, 3.8) is 0 Å². The summed E-state index contributed by atoms with van der Waals surface area (Å²) >= 11 is 6.54. The fourth-order valence-corrected chi connectivity index (χ4v) is 7.21. The first-order valence-electron chi connectivity index (χ1n) is 17.5. The fourth-order valence-electron chi connectivity index (χ4n) is 6.95. The second-order valence-corrected chi connectivity index (χ2v) is 14.9. The van der Waals surface area contributed by atoms with E-state index in [1.165, 1.54) is 48.3 Å². The number of nitrogens with zero attached hydrogens (tertiary/aromatic N) is 7. The summed E-state index contributed by atoms with van der Waals surface area (Å²) in [6.07, 6.45) is 4.02. The Morgan fingerprint density at radius 2 is 1.62 bits per heavy atom. The molecule has 4 aromatic rings. The smallest absolute Gasteiger partial charge is 0.291 e. The maximum atomic E-state index is 15.5. The minimum Gasteiger partial charge on any atom is -0.383 e. The number of nitrogens with two attached hydrogens (primary N) is 1. The van der Waals surface area contributed by atoms with E-state index in [1.54, 1.807) is 34.6 Å². The normalized spacial score (nSPS) is 16.8. The summed E-state index contributed by atoms with van der Waals surface area (Å²) in [5.74, 6) is -3.16. The van der Waals surface area contributed by atoms with Gasteiger partial charge in [-0.15, -0.1) is 0 Å². The number of aromatic nitrogens is 4. The highest BCUT2D eigenvalue weighted by atomic mass is 35.5. The monoisotopic (exact) mass is 752 g/mol. The highest BCUT2D eigenvalue weighted by Gasteiger charge is 2.44. The summed E-state index contributed by atoms with van der Waals surface area (Å²) in [4.78, 5) is 47.6. The van der Waals surface area contributed by atoms with E-state index < -0.39 is 23.1 Å². The Morgan fingerprint density at radius 1 is 0.981 bits per heavy atom. The Balaban J connectivity index is 1.09. The number of likely N-dealkylation sites (tertiary alicyclic amines) is 1. The standard InChI is InChI=1S/C37H44ClF2N9O4/c1-23-28(21-43-48(23)16-19-53-5)25-8-9-27(32(40)31(25)39)30-22-42-33(45(30)2)34(50)44-24-6-7-26(29(38)20-24)35(51)46-12-14-47(15-13-46)36(52)37(41)10-17-49(3,4)18-11-37/h6-9,20-22H,10-19,41H2,1-5H3/p+1. The van der Waals surface area contributed by atoms with Crippen LogP contribution in [0.15, 0.2) is 42.7 Å². The van der Waals surface area contributed by atoms with Crippen LogP contribution in [0.25, 0.3) is 22.4 Å². The Hall–Kier alpha value is -4.70. The molecule has 2 aromatic carbocycles. The number of carbonyl (C=O) groups is 3. The predicted molar refractivity (Wildman–Crippen MR) is 196 cm³/mol. The number of amides is 3. The first kappa shape index (κ1) is 38.0. The number of carbonyl (C=O) groups excluding carboxylic acids is 3. The fraction of sp³-hybridized carbons (Fsp3) is 0.432. The SMILES string of the molecule is COCCn1ncc(-c2ccc(-c3cnc(C(=O)Nc4ccc(C(=O)N5CCN(C(=O)C6(N)CC[N+](C)(C)CC6)CC5)c(Cl)c4)n3C)c(F)c2F)c1C. The van der Waals surface area contributed by atoms with E-state index in [-0.39, 0.29) is 45.0 Å². The van der Waals surface area contributed by atoms with Gasteiger partial charge in [0, 0.05) is 81.2 Å². The number of piperidine rings is 1. The van der Waals surface area contributed by atoms with Crippen molar-refractivity contribution < 1.29 is 32.4 Å². The zero-order chi connectivity index (χ0) is 38.2. The molecule has 2 fully saturated rings. The van der Waals surface area contributed by atoms with Gasteiger partial charge < -0.3 is 34.6 Å². The Bertz CT molecular complexity index is 2050. The van der Waals surface area contributed by atoms with Crippen molar-refractivity contribution in [1.29, 1.82) is 0 Å². The van der Waals surface area contributed by atoms with E-state index >= 15 is 8.78 Å². The Kier molecular flexibility index (Phi) is 10.7. The molecule has 16 heteroatoms. The van der Waals surface area contributed by atoms with Gasteiger partial charge in [0.2, 0.25) is 5.91 Å². The van der Waals surface area contributed by atoms with Crippen LogP contribution in [-0.2, 0) is 23.1 Å². The second kappa shape index (κ2) is 15.0. The van der Waals surface area contributed by atoms with E-state index in [9.17, 15) is 14.4 Å². The van der Waals surface area contributed by atoms with E-state index in [0.29, 0.717) is 69.1 Å². The highest BCUT2D eigenvalue weighted by Crippen LogP contribution is 2.33. The lowest BCUT2D eigenvalue weighted by atomic mass is 9.86. The quantitative estimate of drug-likeness (QED) is 0.247. The molecule has 6 rings (SSSR count). The topological polar surface area (TPSA) is 141 Å². The van der Waals surface area contributed by atoms with Crippen LogP contribution < -0.4 is 11.1 Å². The zero-order valence-corrected chi connectivity index (χ0v) is 31.3. The van der Waals surface area contributed by atoms with E-state index in [1.807, 2.05) is 0 Å². The number of anilines is 1. The van der Waals surface area contributed by atoms with Crippen molar-refractivity contribution in [3.8, 4) is 22.4 Å². The molecule has 13 nitrogen and oxygen atoms in total. The van der Waals surface area contributed by atoms with Gasteiger partial charge in [-0.05, 0) is 31.2 Å². The van der Waals surface area contributed by atoms with Gasteiger partial charge in [-0.25, -0.2) is 13.8 Å². The number of hydrogen-bond acceptors (Lipinski definition) is 7.